The molecule has 0 radical (unpaired) electrons. The average molecular weight is 404 g/mol. The molecule has 2 heterocycles. The van der Waals surface area contributed by atoms with Crippen LogP contribution in [0.4, 0.5) is 21.7 Å². The van der Waals surface area contributed by atoms with E-state index in [1.807, 2.05) is 0 Å². The van der Waals surface area contributed by atoms with Gasteiger partial charge < -0.3 is 31.6 Å². The van der Waals surface area contributed by atoms with Gasteiger partial charge in [0.05, 0.1) is 25.5 Å². The Morgan fingerprint density at radius 2 is 1.76 bits per heavy atom. The summed E-state index contributed by atoms with van der Waals surface area (Å²) in [6.07, 6.45) is 3.74. The van der Waals surface area contributed by atoms with E-state index in [0.717, 1.165) is 31.7 Å². The largest absolute Gasteiger partial charge is 0.481 e. The highest BCUT2D eigenvalue weighted by Gasteiger charge is 2.24. The number of methoxy groups -OCH3 is 2. The first-order valence-electron chi connectivity index (χ1n) is 9.30. The van der Waals surface area contributed by atoms with E-state index in [9.17, 15) is 9.18 Å². The van der Waals surface area contributed by atoms with Gasteiger partial charge in [0.2, 0.25) is 11.8 Å². The van der Waals surface area contributed by atoms with E-state index in [0.29, 0.717) is 17.4 Å². The summed E-state index contributed by atoms with van der Waals surface area (Å²) < 4.78 is 24.9. The van der Waals surface area contributed by atoms with Crippen molar-refractivity contribution in [3.8, 4) is 11.8 Å². The molecule has 1 aliphatic carbocycles. The Morgan fingerprint density at radius 1 is 1.10 bits per heavy atom. The van der Waals surface area contributed by atoms with Gasteiger partial charge >= 0.3 is 0 Å². The molecule has 3 rings (SSSR count). The van der Waals surface area contributed by atoms with E-state index in [1.54, 1.807) is 12.1 Å². The summed E-state index contributed by atoms with van der Waals surface area (Å²) in [6, 6.07) is 4.04. The number of halogens is 1. The molecule has 156 valence electrons. The molecule has 0 bridgehead atoms. The Hall–Kier alpha value is -3.14. The standard InChI is InChI=1S/C19H25FN6O3/c1-28-15-7-10(8-16(25-15)29-2)23-18-11(17(22)27)9-12(20)19(26-18)24-14-6-4-3-5-13(14)21/h7-9,13-14H,3-6,21H2,1-2H3,(H2,22,27)(H2,23,24,25,26)/t13-,14+/m1/s1. The Balaban J connectivity index is 1.95. The lowest BCUT2D eigenvalue weighted by Crippen LogP contribution is -2.43. The van der Waals surface area contributed by atoms with Gasteiger partial charge in [-0.3, -0.25) is 4.79 Å². The van der Waals surface area contributed by atoms with Crippen molar-refractivity contribution in [2.75, 3.05) is 24.9 Å². The number of primary amides is 1. The Kier molecular flexibility index (Phi) is 6.32. The van der Waals surface area contributed by atoms with Crippen LogP contribution >= 0.6 is 0 Å². The monoisotopic (exact) mass is 404 g/mol. The number of anilines is 3. The van der Waals surface area contributed by atoms with Crippen LogP contribution in [0.5, 0.6) is 11.8 Å². The van der Waals surface area contributed by atoms with Gasteiger partial charge in [-0.05, 0) is 18.9 Å². The Bertz CT molecular complexity index is 872. The lowest BCUT2D eigenvalue weighted by molar-refractivity contribution is 0.100. The summed E-state index contributed by atoms with van der Waals surface area (Å²) in [5, 5.41) is 6.04. The van der Waals surface area contributed by atoms with Crippen LogP contribution in [0.15, 0.2) is 18.2 Å². The fraction of sp³-hybridized carbons (Fsp3) is 0.421. The number of amides is 1. The number of nitrogens with one attached hydrogen (secondary N) is 2. The number of hydrogen-bond acceptors (Lipinski definition) is 8. The number of nitrogens with two attached hydrogens (primary N) is 2. The number of carbonyl (C=O) groups excluding carboxylic acids is 1. The predicted octanol–water partition coefficient (Wildman–Crippen LogP) is 2.16. The average Bonchev–Trinajstić information content (AvgIpc) is 2.71. The van der Waals surface area contributed by atoms with Crippen LogP contribution in [0.2, 0.25) is 0 Å². The van der Waals surface area contributed by atoms with Gasteiger partial charge in [-0.25, -0.2) is 9.37 Å². The molecule has 1 amide bonds. The van der Waals surface area contributed by atoms with Crippen molar-refractivity contribution in [3.05, 3.63) is 29.6 Å². The molecule has 0 aromatic carbocycles. The summed E-state index contributed by atoms with van der Waals surface area (Å²) >= 11 is 0. The van der Waals surface area contributed by atoms with Crippen molar-refractivity contribution in [2.24, 2.45) is 11.5 Å². The van der Waals surface area contributed by atoms with E-state index in [1.165, 1.54) is 14.2 Å². The molecule has 29 heavy (non-hydrogen) atoms. The maximum Gasteiger partial charge on any atom is 0.252 e. The van der Waals surface area contributed by atoms with Crippen molar-refractivity contribution >= 4 is 23.2 Å². The second kappa shape index (κ2) is 8.91. The molecule has 0 unspecified atom stereocenters. The lowest BCUT2D eigenvalue weighted by atomic mass is 9.91. The Morgan fingerprint density at radius 3 is 2.34 bits per heavy atom. The molecule has 0 spiro atoms. The minimum atomic E-state index is -0.812. The van der Waals surface area contributed by atoms with Gasteiger partial charge in [0.1, 0.15) is 5.82 Å². The van der Waals surface area contributed by atoms with Gasteiger partial charge in [0.25, 0.3) is 5.91 Å². The van der Waals surface area contributed by atoms with Crippen LogP contribution in [0.1, 0.15) is 36.0 Å². The smallest absolute Gasteiger partial charge is 0.252 e. The molecule has 0 aliphatic heterocycles. The van der Waals surface area contributed by atoms with E-state index in [2.05, 4.69) is 20.6 Å². The number of carbonyl (C=O) groups is 1. The summed E-state index contributed by atoms with van der Waals surface area (Å²) in [7, 11) is 2.93. The molecular weight excluding hydrogens is 379 g/mol. The number of nitrogens with zero attached hydrogens (tertiary/aromatic N) is 2. The number of pyridine rings is 2. The van der Waals surface area contributed by atoms with Crippen LogP contribution < -0.4 is 31.6 Å². The van der Waals surface area contributed by atoms with E-state index in [-0.39, 0.29) is 29.3 Å². The maximum absolute atomic E-state index is 14.6. The number of rotatable bonds is 7. The quantitative estimate of drug-likeness (QED) is 0.551. The minimum absolute atomic E-state index is 0.00726. The van der Waals surface area contributed by atoms with Gasteiger partial charge in [0.15, 0.2) is 11.6 Å². The lowest BCUT2D eigenvalue weighted by Gasteiger charge is -2.30. The summed E-state index contributed by atoms with van der Waals surface area (Å²) in [5.74, 6) is -0.795. The predicted molar refractivity (Wildman–Crippen MR) is 107 cm³/mol. The van der Waals surface area contributed by atoms with Gasteiger partial charge in [-0.15, -0.1) is 0 Å². The molecule has 1 aliphatic rings. The van der Waals surface area contributed by atoms with Gasteiger partial charge in [-0.2, -0.15) is 4.98 Å². The molecule has 2 atom stereocenters. The zero-order valence-corrected chi connectivity index (χ0v) is 16.4. The van der Waals surface area contributed by atoms with Gasteiger partial charge in [0, 0.05) is 24.2 Å². The molecule has 0 saturated heterocycles. The van der Waals surface area contributed by atoms with Crippen LogP contribution in [0.25, 0.3) is 0 Å². The first kappa shape index (κ1) is 20.6. The third kappa shape index (κ3) is 4.83. The fourth-order valence-corrected chi connectivity index (χ4v) is 3.29. The zero-order valence-electron chi connectivity index (χ0n) is 16.4. The highest BCUT2D eigenvalue weighted by Crippen LogP contribution is 2.29. The highest BCUT2D eigenvalue weighted by atomic mass is 19.1. The van der Waals surface area contributed by atoms with E-state index in [4.69, 9.17) is 20.9 Å². The summed E-state index contributed by atoms with van der Waals surface area (Å²) in [4.78, 5) is 20.2. The fourth-order valence-electron chi connectivity index (χ4n) is 3.29. The van der Waals surface area contributed by atoms with Crippen LogP contribution in [0.3, 0.4) is 0 Å². The first-order chi connectivity index (χ1) is 13.9. The molecule has 1 saturated carbocycles. The van der Waals surface area contributed by atoms with E-state index >= 15 is 0 Å². The zero-order chi connectivity index (χ0) is 21.0. The number of hydrogen-bond donors (Lipinski definition) is 4. The third-order valence-corrected chi connectivity index (χ3v) is 4.84. The molecule has 2 aromatic rings. The Labute approximate surface area is 168 Å². The molecular formula is C19H25FN6O3. The van der Waals surface area contributed by atoms with Crippen molar-refractivity contribution in [1.29, 1.82) is 0 Å². The highest BCUT2D eigenvalue weighted by molar-refractivity contribution is 5.98. The summed E-state index contributed by atoms with van der Waals surface area (Å²) in [5.41, 5.74) is 12.0. The molecule has 9 nitrogen and oxygen atoms in total. The first-order valence-corrected chi connectivity index (χ1v) is 9.30. The van der Waals surface area contributed by atoms with Crippen LogP contribution in [-0.4, -0.2) is 42.2 Å². The van der Waals surface area contributed by atoms with Gasteiger partial charge in [-0.1, -0.05) is 12.8 Å². The topological polar surface area (TPSA) is 137 Å². The van der Waals surface area contributed by atoms with Crippen molar-refractivity contribution in [3.63, 3.8) is 0 Å². The molecule has 10 heteroatoms. The second-order valence-corrected chi connectivity index (χ2v) is 6.84. The third-order valence-electron chi connectivity index (χ3n) is 4.84. The molecule has 6 N–H and O–H groups in total. The summed E-state index contributed by atoms with van der Waals surface area (Å²) in [6.45, 7) is 0. The second-order valence-electron chi connectivity index (χ2n) is 6.84. The van der Waals surface area contributed by atoms with Crippen molar-refractivity contribution in [1.82, 2.24) is 9.97 Å². The molecule has 1 fully saturated rings. The van der Waals surface area contributed by atoms with E-state index < -0.39 is 11.7 Å². The van der Waals surface area contributed by atoms with Crippen molar-refractivity contribution < 1.29 is 18.7 Å². The van der Waals surface area contributed by atoms with Crippen LogP contribution in [-0.2, 0) is 0 Å². The van der Waals surface area contributed by atoms with Crippen LogP contribution in [0, 0.1) is 5.82 Å². The maximum atomic E-state index is 14.6. The normalized spacial score (nSPS) is 18.8. The SMILES string of the molecule is COc1cc(Nc2nc(N[C@H]3CCCC[C@H]3N)c(F)cc2C(N)=O)cc(OC)n1. The molecule has 2 aromatic heterocycles. The minimum Gasteiger partial charge on any atom is -0.481 e. The number of aromatic nitrogens is 2. The number of ether oxygens (including phenoxy) is 2. The van der Waals surface area contributed by atoms with Crippen molar-refractivity contribution in [2.45, 2.75) is 37.8 Å².